The number of hydrogen-bond acceptors (Lipinski definition) is 3. The van der Waals surface area contributed by atoms with Gasteiger partial charge in [-0.1, -0.05) is 13.3 Å². The van der Waals surface area contributed by atoms with Gasteiger partial charge in [-0.15, -0.1) is 0 Å². The molecule has 1 N–H and O–H groups in total. The van der Waals surface area contributed by atoms with E-state index in [0.29, 0.717) is 18.7 Å². The molecule has 0 aliphatic carbocycles. The Bertz CT molecular complexity index is 410. The van der Waals surface area contributed by atoms with Gasteiger partial charge in [-0.3, -0.25) is 4.79 Å². The fourth-order valence-corrected chi connectivity index (χ4v) is 1.61. The van der Waals surface area contributed by atoms with Crippen molar-refractivity contribution in [1.29, 1.82) is 0 Å². The molecular weight excluding hydrogens is 280 g/mol. The molecule has 0 atom stereocenters. The Kier molecular flexibility index (Phi) is 8.35. The molecule has 0 saturated carbocycles. The van der Waals surface area contributed by atoms with E-state index in [-0.39, 0.29) is 11.7 Å². The fourth-order valence-electron chi connectivity index (χ4n) is 1.61. The van der Waals surface area contributed by atoms with Crippen molar-refractivity contribution >= 4 is 5.91 Å². The van der Waals surface area contributed by atoms with Crippen LogP contribution >= 0.6 is 0 Å². The molecule has 0 heterocycles. The SMILES string of the molecule is CCCCOCCCNC(=O)c1ccc(OC(F)F)cc1. The van der Waals surface area contributed by atoms with Gasteiger partial charge in [0.1, 0.15) is 5.75 Å². The Morgan fingerprint density at radius 3 is 2.48 bits per heavy atom. The molecule has 0 aliphatic rings. The molecule has 6 heteroatoms. The number of rotatable bonds is 10. The maximum absolute atomic E-state index is 12.0. The highest BCUT2D eigenvalue weighted by Crippen LogP contribution is 2.14. The summed E-state index contributed by atoms with van der Waals surface area (Å²) in [6.45, 7) is 1.11. The quantitative estimate of drug-likeness (QED) is 0.675. The van der Waals surface area contributed by atoms with Crippen LogP contribution in [0.15, 0.2) is 24.3 Å². The van der Waals surface area contributed by atoms with E-state index in [2.05, 4.69) is 17.0 Å². The summed E-state index contributed by atoms with van der Waals surface area (Å²) in [6.07, 6.45) is 2.88. The Hall–Kier alpha value is -1.69. The van der Waals surface area contributed by atoms with Gasteiger partial charge in [-0.25, -0.2) is 0 Å². The number of carbonyl (C=O) groups excluding carboxylic acids is 1. The van der Waals surface area contributed by atoms with Gasteiger partial charge in [-0.05, 0) is 37.1 Å². The number of unbranched alkanes of at least 4 members (excludes halogenated alkanes) is 1. The Morgan fingerprint density at radius 2 is 1.86 bits per heavy atom. The number of alkyl halides is 2. The summed E-state index contributed by atoms with van der Waals surface area (Å²) in [4.78, 5) is 11.8. The normalized spacial score (nSPS) is 10.7. The zero-order valence-corrected chi connectivity index (χ0v) is 12.1. The van der Waals surface area contributed by atoms with E-state index < -0.39 is 6.61 Å². The Morgan fingerprint density at radius 1 is 1.19 bits per heavy atom. The average Bonchev–Trinajstić information content (AvgIpc) is 2.46. The van der Waals surface area contributed by atoms with E-state index >= 15 is 0 Å². The molecule has 0 unspecified atom stereocenters. The van der Waals surface area contributed by atoms with Gasteiger partial charge < -0.3 is 14.8 Å². The summed E-state index contributed by atoms with van der Waals surface area (Å²) in [5.41, 5.74) is 0.406. The second-order valence-electron chi connectivity index (χ2n) is 4.48. The molecular formula is C15H21F2NO3. The first-order valence-corrected chi connectivity index (χ1v) is 7.04. The van der Waals surface area contributed by atoms with Crippen molar-refractivity contribution in [3.8, 4) is 5.75 Å². The number of carbonyl (C=O) groups is 1. The van der Waals surface area contributed by atoms with Crippen LogP contribution in [0.3, 0.4) is 0 Å². The molecule has 0 spiro atoms. The zero-order valence-electron chi connectivity index (χ0n) is 12.1. The lowest BCUT2D eigenvalue weighted by atomic mass is 10.2. The Labute approximate surface area is 123 Å². The maximum Gasteiger partial charge on any atom is 0.387 e. The highest BCUT2D eigenvalue weighted by Gasteiger charge is 2.07. The molecule has 1 amide bonds. The topological polar surface area (TPSA) is 47.6 Å². The van der Waals surface area contributed by atoms with Gasteiger partial charge in [0.15, 0.2) is 0 Å². The van der Waals surface area contributed by atoms with Gasteiger partial charge in [-0.2, -0.15) is 8.78 Å². The van der Waals surface area contributed by atoms with Crippen molar-refractivity contribution in [2.24, 2.45) is 0 Å². The summed E-state index contributed by atoms with van der Waals surface area (Å²) in [5.74, 6) is -0.210. The number of benzene rings is 1. The summed E-state index contributed by atoms with van der Waals surface area (Å²) in [7, 11) is 0. The first-order valence-electron chi connectivity index (χ1n) is 7.04. The van der Waals surface area contributed by atoms with E-state index in [4.69, 9.17) is 4.74 Å². The summed E-state index contributed by atoms with van der Waals surface area (Å²) in [5, 5.41) is 2.74. The minimum Gasteiger partial charge on any atom is -0.435 e. The van der Waals surface area contributed by atoms with Crippen LogP contribution in [0.25, 0.3) is 0 Å². The third kappa shape index (κ3) is 7.60. The molecule has 118 valence electrons. The molecule has 0 aliphatic heterocycles. The number of hydrogen-bond donors (Lipinski definition) is 1. The molecule has 1 aromatic carbocycles. The summed E-state index contributed by atoms with van der Waals surface area (Å²) in [6, 6.07) is 5.58. The zero-order chi connectivity index (χ0) is 15.5. The number of nitrogens with one attached hydrogen (secondary N) is 1. The van der Waals surface area contributed by atoms with Crippen molar-refractivity contribution in [3.05, 3.63) is 29.8 Å². The highest BCUT2D eigenvalue weighted by molar-refractivity contribution is 5.94. The first kappa shape index (κ1) is 17.4. The third-order valence-corrected chi connectivity index (χ3v) is 2.73. The summed E-state index contributed by atoms with van der Waals surface area (Å²) < 4.78 is 33.6. The lowest BCUT2D eigenvalue weighted by Gasteiger charge is -2.07. The third-order valence-electron chi connectivity index (χ3n) is 2.73. The van der Waals surface area contributed by atoms with Gasteiger partial charge in [0.2, 0.25) is 0 Å². The van der Waals surface area contributed by atoms with Crippen LogP contribution in [0.1, 0.15) is 36.5 Å². The van der Waals surface area contributed by atoms with Crippen molar-refractivity contribution in [2.45, 2.75) is 32.8 Å². The number of halogens is 2. The second kappa shape index (κ2) is 10.1. The van der Waals surface area contributed by atoms with Crippen LogP contribution in [0.2, 0.25) is 0 Å². The highest BCUT2D eigenvalue weighted by atomic mass is 19.3. The lowest BCUT2D eigenvalue weighted by molar-refractivity contribution is -0.0498. The molecule has 1 rings (SSSR count). The number of ether oxygens (including phenoxy) is 2. The maximum atomic E-state index is 12.0. The Balaban J connectivity index is 2.22. The van der Waals surface area contributed by atoms with Crippen molar-refractivity contribution in [1.82, 2.24) is 5.32 Å². The molecule has 0 bridgehead atoms. The first-order chi connectivity index (χ1) is 10.1. The van der Waals surface area contributed by atoms with Crippen LogP contribution in [0, 0.1) is 0 Å². The molecule has 1 aromatic rings. The molecule has 0 fully saturated rings. The van der Waals surface area contributed by atoms with E-state index in [1.807, 2.05) is 0 Å². The minimum absolute atomic E-state index is 0.0332. The molecule has 4 nitrogen and oxygen atoms in total. The molecule has 21 heavy (non-hydrogen) atoms. The number of amides is 1. The molecule has 0 aromatic heterocycles. The lowest BCUT2D eigenvalue weighted by Crippen LogP contribution is -2.25. The van der Waals surface area contributed by atoms with Gasteiger partial charge in [0.05, 0.1) is 0 Å². The van der Waals surface area contributed by atoms with E-state index in [9.17, 15) is 13.6 Å². The second-order valence-corrected chi connectivity index (χ2v) is 4.48. The predicted molar refractivity (Wildman–Crippen MR) is 75.8 cm³/mol. The van der Waals surface area contributed by atoms with Crippen LogP contribution < -0.4 is 10.1 Å². The van der Waals surface area contributed by atoms with Gasteiger partial charge in [0, 0.05) is 25.3 Å². The van der Waals surface area contributed by atoms with E-state index in [0.717, 1.165) is 25.9 Å². The minimum atomic E-state index is -2.86. The largest absolute Gasteiger partial charge is 0.435 e. The summed E-state index contributed by atoms with van der Waals surface area (Å²) >= 11 is 0. The fraction of sp³-hybridized carbons (Fsp3) is 0.533. The molecule has 0 radical (unpaired) electrons. The molecule has 0 saturated heterocycles. The van der Waals surface area contributed by atoms with E-state index in [1.165, 1.54) is 24.3 Å². The predicted octanol–water partition coefficient (Wildman–Crippen LogP) is 3.22. The van der Waals surface area contributed by atoms with E-state index in [1.54, 1.807) is 0 Å². The van der Waals surface area contributed by atoms with Crippen LogP contribution in [-0.2, 0) is 4.74 Å². The van der Waals surface area contributed by atoms with Crippen LogP contribution in [-0.4, -0.2) is 32.3 Å². The smallest absolute Gasteiger partial charge is 0.387 e. The van der Waals surface area contributed by atoms with Crippen LogP contribution in [0.4, 0.5) is 8.78 Å². The van der Waals surface area contributed by atoms with Gasteiger partial charge in [0.25, 0.3) is 5.91 Å². The standard InChI is InChI=1S/C15H21F2NO3/c1-2-3-10-20-11-4-9-18-14(19)12-5-7-13(8-6-12)21-15(16)17/h5-8,15H,2-4,9-11H2,1H3,(H,18,19). The monoisotopic (exact) mass is 301 g/mol. The van der Waals surface area contributed by atoms with Crippen molar-refractivity contribution in [2.75, 3.05) is 19.8 Å². The average molecular weight is 301 g/mol. The van der Waals surface area contributed by atoms with Crippen molar-refractivity contribution in [3.63, 3.8) is 0 Å². The van der Waals surface area contributed by atoms with Gasteiger partial charge >= 0.3 is 6.61 Å². The van der Waals surface area contributed by atoms with Crippen LogP contribution in [0.5, 0.6) is 5.75 Å². The van der Waals surface area contributed by atoms with Crippen molar-refractivity contribution < 1.29 is 23.0 Å².